The van der Waals surface area contributed by atoms with Crippen LogP contribution in [0.3, 0.4) is 0 Å². The van der Waals surface area contributed by atoms with Gasteiger partial charge in [-0.25, -0.2) is 0 Å². The van der Waals surface area contributed by atoms with Gasteiger partial charge in [0.2, 0.25) is 0 Å². The van der Waals surface area contributed by atoms with Crippen molar-refractivity contribution in [3.63, 3.8) is 0 Å². The van der Waals surface area contributed by atoms with Crippen molar-refractivity contribution in [2.75, 3.05) is 11.9 Å². The molecule has 2 aromatic rings. The summed E-state index contributed by atoms with van der Waals surface area (Å²) in [6.45, 7) is 4.82. The van der Waals surface area contributed by atoms with Crippen LogP contribution in [0.5, 0.6) is 5.75 Å². The van der Waals surface area contributed by atoms with Gasteiger partial charge in [-0.1, -0.05) is 4.49 Å². The van der Waals surface area contributed by atoms with Crippen LogP contribution >= 0.6 is 11.5 Å². The van der Waals surface area contributed by atoms with Crippen LogP contribution in [-0.2, 0) is 6.61 Å². The molecule has 1 aromatic carbocycles. The second-order valence-corrected chi connectivity index (χ2v) is 4.83. The first-order chi connectivity index (χ1) is 9.61. The molecule has 0 aliphatic heterocycles. The maximum absolute atomic E-state index is 10.7. The van der Waals surface area contributed by atoms with Gasteiger partial charge in [0.05, 0.1) is 4.92 Å². The summed E-state index contributed by atoms with van der Waals surface area (Å²) in [5, 5.41) is 18.7. The van der Waals surface area contributed by atoms with Crippen molar-refractivity contribution in [1.82, 2.24) is 9.59 Å². The molecule has 0 saturated heterocycles. The Bertz CT molecular complexity index is 614. The van der Waals surface area contributed by atoms with E-state index in [0.717, 1.165) is 17.2 Å². The summed E-state index contributed by atoms with van der Waals surface area (Å²) >= 11 is 1.28. The summed E-state index contributed by atoms with van der Waals surface area (Å²) in [5.74, 6) is 0.603. The Kier molecular flexibility index (Phi) is 4.46. The van der Waals surface area contributed by atoms with E-state index in [1.807, 2.05) is 6.92 Å². The van der Waals surface area contributed by atoms with Crippen LogP contribution in [0.15, 0.2) is 18.2 Å². The molecule has 0 atom stereocenters. The van der Waals surface area contributed by atoms with Crippen LogP contribution < -0.4 is 10.1 Å². The number of non-ortho nitro benzene ring substituents is 1. The third kappa shape index (κ3) is 3.21. The fourth-order valence-electron chi connectivity index (χ4n) is 1.65. The van der Waals surface area contributed by atoms with Crippen molar-refractivity contribution in [2.24, 2.45) is 0 Å². The van der Waals surface area contributed by atoms with Gasteiger partial charge >= 0.3 is 0 Å². The Hall–Kier alpha value is -2.22. The minimum Gasteiger partial charge on any atom is -0.487 e. The lowest BCUT2D eigenvalue weighted by Crippen LogP contribution is -2.03. The first kappa shape index (κ1) is 14.2. The van der Waals surface area contributed by atoms with Gasteiger partial charge in [-0.2, -0.15) is 0 Å². The molecule has 1 aromatic heterocycles. The molecule has 0 fully saturated rings. The summed E-state index contributed by atoms with van der Waals surface area (Å²) in [6.07, 6.45) is 0. The van der Waals surface area contributed by atoms with Gasteiger partial charge in [0.1, 0.15) is 23.1 Å². The van der Waals surface area contributed by atoms with E-state index in [9.17, 15) is 10.1 Å². The van der Waals surface area contributed by atoms with Crippen molar-refractivity contribution in [3.8, 4) is 5.75 Å². The zero-order valence-corrected chi connectivity index (χ0v) is 11.9. The topological polar surface area (TPSA) is 90.2 Å². The second-order valence-electron chi connectivity index (χ2n) is 4.07. The Labute approximate surface area is 119 Å². The van der Waals surface area contributed by atoms with E-state index in [1.165, 1.54) is 23.7 Å². The average Bonchev–Trinajstić information content (AvgIpc) is 2.85. The number of nitrogens with one attached hydrogen (secondary N) is 1. The lowest BCUT2D eigenvalue weighted by molar-refractivity contribution is -0.384. The maximum atomic E-state index is 10.7. The molecule has 0 unspecified atom stereocenters. The summed E-state index contributed by atoms with van der Waals surface area (Å²) in [6, 6.07) is 4.51. The monoisotopic (exact) mass is 294 g/mol. The predicted molar refractivity (Wildman–Crippen MR) is 76.2 cm³/mol. The molecule has 20 heavy (non-hydrogen) atoms. The molecule has 2 rings (SSSR count). The van der Waals surface area contributed by atoms with Gasteiger partial charge in [-0.3, -0.25) is 10.1 Å². The summed E-state index contributed by atoms with van der Waals surface area (Å²) in [5.41, 5.74) is 1.50. The van der Waals surface area contributed by atoms with Crippen LogP contribution in [-0.4, -0.2) is 21.1 Å². The molecule has 0 bridgehead atoms. The second kappa shape index (κ2) is 6.29. The predicted octanol–water partition coefficient (Wildman–Crippen LogP) is 2.77. The van der Waals surface area contributed by atoms with E-state index in [1.54, 1.807) is 13.0 Å². The number of aryl methyl sites for hydroxylation is 1. The van der Waals surface area contributed by atoms with Crippen molar-refractivity contribution in [2.45, 2.75) is 20.5 Å². The highest BCUT2D eigenvalue weighted by Gasteiger charge is 2.11. The number of rotatable bonds is 6. The highest BCUT2D eigenvalue weighted by molar-refractivity contribution is 7.10. The molecule has 0 saturated carbocycles. The zero-order valence-electron chi connectivity index (χ0n) is 11.1. The molecule has 0 spiro atoms. The van der Waals surface area contributed by atoms with Crippen LogP contribution in [0.25, 0.3) is 0 Å². The van der Waals surface area contributed by atoms with E-state index in [0.29, 0.717) is 11.3 Å². The molecule has 0 aliphatic rings. The number of hydrogen-bond donors (Lipinski definition) is 1. The highest BCUT2D eigenvalue weighted by atomic mass is 32.1. The van der Waals surface area contributed by atoms with E-state index < -0.39 is 4.92 Å². The van der Waals surface area contributed by atoms with Gasteiger partial charge in [-0.15, -0.1) is 5.10 Å². The standard InChI is InChI=1S/C12H14N4O3S/c1-3-13-12-10(14-15-20-12)7-19-11-5-4-9(16(17)18)6-8(11)2/h4-6,13H,3,7H2,1-2H3. The fraction of sp³-hybridized carbons (Fsp3) is 0.333. The molecular formula is C12H14N4O3S. The summed E-state index contributed by atoms with van der Waals surface area (Å²) < 4.78 is 9.52. The number of nitro groups is 1. The number of anilines is 1. The zero-order chi connectivity index (χ0) is 14.5. The number of hydrogen-bond acceptors (Lipinski definition) is 7. The Morgan fingerprint density at radius 1 is 1.50 bits per heavy atom. The van der Waals surface area contributed by atoms with Gasteiger partial charge in [-0.05, 0) is 25.5 Å². The number of nitro benzene ring substituents is 1. The van der Waals surface area contributed by atoms with Crippen molar-refractivity contribution < 1.29 is 9.66 Å². The third-order valence-electron chi connectivity index (χ3n) is 2.63. The van der Waals surface area contributed by atoms with E-state index >= 15 is 0 Å². The minimum atomic E-state index is -0.426. The molecule has 0 amide bonds. The fourth-order valence-corrected chi connectivity index (χ4v) is 2.29. The van der Waals surface area contributed by atoms with Gasteiger partial charge in [0.15, 0.2) is 0 Å². The van der Waals surface area contributed by atoms with E-state index in [-0.39, 0.29) is 12.3 Å². The molecular weight excluding hydrogens is 280 g/mol. The molecule has 1 heterocycles. The Balaban J connectivity index is 2.07. The largest absolute Gasteiger partial charge is 0.487 e. The molecule has 106 valence electrons. The molecule has 7 nitrogen and oxygen atoms in total. The normalized spacial score (nSPS) is 10.3. The third-order valence-corrected chi connectivity index (χ3v) is 3.35. The summed E-state index contributed by atoms with van der Waals surface area (Å²) in [4.78, 5) is 10.2. The lowest BCUT2D eigenvalue weighted by Gasteiger charge is -2.08. The SMILES string of the molecule is CCNc1snnc1COc1ccc([N+](=O)[O-])cc1C. The molecule has 0 aliphatic carbocycles. The minimum absolute atomic E-state index is 0.0542. The lowest BCUT2D eigenvalue weighted by atomic mass is 10.2. The van der Waals surface area contributed by atoms with Gasteiger partial charge in [0, 0.05) is 30.2 Å². The number of benzene rings is 1. The molecule has 8 heteroatoms. The highest BCUT2D eigenvalue weighted by Crippen LogP contribution is 2.25. The first-order valence-electron chi connectivity index (χ1n) is 6.04. The number of nitrogens with zero attached hydrogens (tertiary/aromatic N) is 3. The van der Waals surface area contributed by atoms with Crippen molar-refractivity contribution in [1.29, 1.82) is 0 Å². The Morgan fingerprint density at radius 3 is 2.95 bits per heavy atom. The number of ether oxygens (including phenoxy) is 1. The molecule has 0 radical (unpaired) electrons. The van der Waals surface area contributed by atoms with Crippen molar-refractivity contribution in [3.05, 3.63) is 39.6 Å². The van der Waals surface area contributed by atoms with Gasteiger partial charge < -0.3 is 10.1 Å². The number of aromatic nitrogens is 2. The van der Waals surface area contributed by atoms with Crippen LogP contribution in [0.2, 0.25) is 0 Å². The smallest absolute Gasteiger partial charge is 0.269 e. The van der Waals surface area contributed by atoms with Crippen LogP contribution in [0.4, 0.5) is 10.7 Å². The van der Waals surface area contributed by atoms with Gasteiger partial charge in [0.25, 0.3) is 5.69 Å². The first-order valence-corrected chi connectivity index (χ1v) is 6.82. The van der Waals surface area contributed by atoms with Crippen molar-refractivity contribution >= 4 is 22.2 Å². The summed E-state index contributed by atoms with van der Waals surface area (Å²) in [7, 11) is 0. The van der Waals surface area contributed by atoms with E-state index in [4.69, 9.17) is 4.74 Å². The quantitative estimate of drug-likeness (QED) is 0.650. The Morgan fingerprint density at radius 2 is 2.30 bits per heavy atom. The molecule has 1 N–H and O–H groups in total. The van der Waals surface area contributed by atoms with Crippen LogP contribution in [0, 0.1) is 17.0 Å². The van der Waals surface area contributed by atoms with E-state index in [2.05, 4.69) is 14.9 Å². The maximum Gasteiger partial charge on any atom is 0.269 e. The average molecular weight is 294 g/mol. The van der Waals surface area contributed by atoms with Crippen LogP contribution in [0.1, 0.15) is 18.2 Å².